The highest BCUT2D eigenvalue weighted by atomic mass is 16.3. The number of guanidine groups is 1. The van der Waals surface area contributed by atoms with Gasteiger partial charge in [-0.15, -0.1) is 0 Å². The standard InChI is InChI=1S/C21H45N5O/c1-7-10-21(27,11-8-2)17-24-20(22-9-3)23-16-19(18(4)5)26-14-12-25(6)13-15-26/h18-19,27H,7-17H2,1-6H3,(H2,22,23,24). The molecule has 3 N–H and O–H groups in total. The van der Waals surface area contributed by atoms with Crippen LogP contribution >= 0.6 is 0 Å². The fourth-order valence-electron chi connectivity index (χ4n) is 3.92. The molecule has 1 atom stereocenters. The predicted molar refractivity (Wildman–Crippen MR) is 116 cm³/mol. The molecular formula is C21H45N5O. The summed E-state index contributed by atoms with van der Waals surface area (Å²) in [5.41, 5.74) is -0.680. The molecule has 1 aliphatic heterocycles. The second kappa shape index (κ2) is 12.6. The molecule has 1 unspecified atom stereocenters. The third kappa shape index (κ3) is 8.79. The first-order chi connectivity index (χ1) is 12.8. The summed E-state index contributed by atoms with van der Waals surface area (Å²) in [6.45, 7) is 17.6. The largest absolute Gasteiger partial charge is 0.388 e. The van der Waals surface area contributed by atoms with E-state index in [1.807, 2.05) is 0 Å². The average molecular weight is 384 g/mol. The quantitative estimate of drug-likeness (QED) is 0.377. The van der Waals surface area contributed by atoms with Crippen LogP contribution in [0.1, 0.15) is 60.3 Å². The Morgan fingerprint density at radius 1 is 1.04 bits per heavy atom. The van der Waals surface area contributed by atoms with E-state index < -0.39 is 5.60 Å². The van der Waals surface area contributed by atoms with Crippen LogP contribution in [0.3, 0.4) is 0 Å². The molecule has 0 bridgehead atoms. The number of hydrogen-bond acceptors (Lipinski definition) is 4. The zero-order valence-corrected chi connectivity index (χ0v) is 18.7. The summed E-state index contributed by atoms with van der Waals surface area (Å²) < 4.78 is 0. The number of rotatable bonds is 11. The predicted octanol–water partition coefficient (Wildman–Crippen LogP) is 2.14. The van der Waals surface area contributed by atoms with E-state index in [0.717, 1.165) is 70.9 Å². The van der Waals surface area contributed by atoms with Gasteiger partial charge in [0.05, 0.1) is 12.1 Å². The van der Waals surface area contributed by atoms with Crippen LogP contribution in [0.2, 0.25) is 0 Å². The molecule has 0 aromatic heterocycles. The van der Waals surface area contributed by atoms with Crippen molar-refractivity contribution in [2.75, 3.05) is 52.9 Å². The first-order valence-electron chi connectivity index (χ1n) is 11.0. The number of piperazine rings is 1. The lowest BCUT2D eigenvalue weighted by Gasteiger charge is -2.40. The summed E-state index contributed by atoms with van der Waals surface area (Å²) in [6.07, 6.45) is 3.57. The third-order valence-electron chi connectivity index (χ3n) is 5.56. The van der Waals surface area contributed by atoms with Gasteiger partial charge in [0.2, 0.25) is 0 Å². The number of likely N-dealkylation sites (N-methyl/N-ethyl adjacent to an activating group) is 1. The van der Waals surface area contributed by atoms with Crippen molar-refractivity contribution >= 4 is 5.96 Å². The van der Waals surface area contributed by atoms with Gasteiger partial charge in [-0.1, -0.05) is 40.5 Å². The highest BCUT2D eigenvalue weighted by Gasteiger charge is 2.26. The summed E-state index contributed by atoms with van der Waals surface area (Å²) in [5.74, 6) is 1.41. The van der Waals surface area contributed by atoms with Gasteiger partial charge >= 0.3 is 0 Å². The van der Waals surface area contributed by atoms with Gasteiger partial charge in [0.15, 0.2) is 5.96 Å². The molecule has 0 aromatic carbocycles. The Morgan fingerprint density at radius 3 is 2.11 bits per heavy atom. The van der Waals surface area contributed by atoms with Gasteiger partial charge in [0, 0.05) is 45.3 Å². The van der Waals surface area contributed by atoms with E-state index in [4.69, 9.17) is 4.99 Å². The van der Waals surface area contributed by atoms with Gasteiger partial charge in [0.1, 0.15) is 0 Å². The monoisotopic (exact) mass is 383 g/mol. The van der Waals surface area contributed by atoms with Crippen LogP contribution in [0.25, 0.3) is 0 Å². The molecule has 0 aliphatic carbocycles. The second-order valence-electron chi connectivity index (χ2n) is 8.45. The molecule has 6 nitrogen and oxygen atoms in total. The van der Waals surface area contributed by atoms with Crippen LogP contribution in [0.5, 0.6) is 0 Å². The van der Waals surface area contributed by atoms with E-state index in [-0.39, 0.29) is 0 Å². The Bertz CT molecular complexity index is 413. The zero-order valence-electron chi connectivity index (χ0n) is 18.7. The van der Waals surface area contributed by atoms with E-state index in [0.29, 0.717) is 18.5 Å². The first-order valence-corrected chi connectivity index (χ1v) is 11.0. The van der Waals surface area contributed by atoms with Crippen molar-refractivity contribution in [3.05, 3.63) is 0 Å². The topological polar surface area (TPSA) is 63.1 Å². The highest BCUT2D eigenvalue weighted by molar-refractivity contribution is 5.79. The maximum Gasteiger partial charge on any atom is 0.191 e. The number of aliphatic imine (C=N–C) groups is 1. The Balaban J connectivity index is 2.70. The molecule has 0 saturated carbocycles. The van der Waals surface area contributed by atoms with E-state index in [1.165, 1.54) is 0 Å². The molecule has 6 heteroatoms. The molecule has 0 radical (unpaired) electrons. The number of nitrogens with one attached hydrogen (secondary N) is 2. The molecule has 0 amide bonds. The summed E-state index contributed by atoms with van der Waals surface area (Å²) in [7, 11) is 2.20. The van der Waals surface area contributed by atoms with Crippen molar-refractivity contribution < 1.29 is 5.11 Å². The lowest BCUT2D eigenvalue weighted by molar-refractivity contribution is 0.0305. The maximum atomic E-state index is 10.8. The molecule has 1 heterocycles. The van der Waals surface area contributed by atoms with Crippen molar-refractivity contribution in [2.24, 2.45) is 10.9 Å². The van der Waals surface area contributed by atoms with Gasteiger partial charge < -0.3 is 20.6 Å². The van der Waals surface area contributed by atoms with Crippen LogP contribution in [0, 0.1) is 5.92 Å². The van der Waals surface area contributed by atoms with E-state index in [1.54, 1.807) is 0 Å². The smallest absolute Gasteiger partial charge is 0.191 e. The Labute approximate surface area is 167 Å². The zero-order chi connectivity index (χ0) is 20.3. The summed E-state index contributed by atoms with van der Waals surface area (Å²) in [5, 5.41) is 17.7. The van der Waals surface area contributed by atoms with Crippen LogP contribution in [0.15, 0.2) is 4.99 Å². The van der Waals surface area contributed by atoms with Crippen molar-refractivity contribution in [3.63, 3.8) is 0 Å². The Kier molecular flexibility index (Phi) is 11.3. The molecule has 0 spiro atoms. The van der Waals surface area contributed by atoms with E-state index in [9.17, 15) is 5.11 Å². The molecule has 1 rings (SSSR count). The fourth-order valence-corrected chi connectivity index (χ4v) is 3.92. The van der Waals surface area contributed by atoms with Crippen molar-refractivity contribution in [1.29, 1.82) is 0 Å². The maximum absolute atomic E-state index is 10.8. The highest BCUT2D eigenvalue weighted by Crippen LogP contribution is 2.20. The molecule has 27 heavy (non-hydrogen) atoms. The van der Waals surface area contributed by atoms with Crippen LogP contribution < -0.4 is 10.6 Å². The Hall–Kier alpha value is -0.850. The van der Waals surface area contributed by atoms with E-state index >= 15 is 0 Å². The lowest BCUT2D eigenvalue weighted by Crippen LogP contribution is -2.55. The molecule has 1 saturated heterocycles. The average Bonchev–Trinajstić information content (AvgIpc) is 2.61. The fraction of sp³-hybridized carbons (Fsp3) is 0.952. The molecule has 1 fully saturated rings. The van der Waals surface area contributed by atoms with Crippen LogP contribution in [0.4, 0.5) is 0 Å². The minimum Gasteiger partial charge on any atom is -0.388 e. The molecule has 160 valence electrons. The normalized spacial score (nSPS) is 18.7. The summed E-state index contributed by atoms with van der Waals surface area (Å²) >= 11 is 0. The SMILES string of the molecule is CCCC(O)(CCC)CN=C(NCC)NCC(C(C)C)N1CCN(C)CC1. The minimum atomic E-state index is -0.680. The number of aliphatic hydroxyl groups is 1. The minimum absolute atomic E-state index is 0.463. The number of hydrogen-bond donors (Lipinski definition) is 3. The lowest BCUT2D eigenvalue weighted by atomic mass is 9.93. The van der Waals surface area contributed by atoms with Gasteiger partial charge in [-0.2, -0.15) is 0 Å². The van der Waals surface area contributed by atoms with E-state index in [2.05, 4.69) is 62.1 Å². The number of nitrogens with zero attached hydrogens (tertiary/aromatic N) is 3. The summed E-state index contributed by atoms with van der Waals surface area (Å²) in [4.78, 5) is 9.73. The second-order valence-corrected chi connectivity index (χ2v) is 8.45. The van der Waals surface area contributed by atoms with Gasteiger partial charge in [0.25, 0.3) is 0 Å². The van der Waals surface area contributed by atoms with Gasteiger partial charge in [-0.25, -0.2) is 0 Å². The van der Waals surface area contributed by atoms with Crippen LogP contribution in [-0.4, -0.2) is 85.4 Å². The van der Waals surface area contributed by atoms with Crippen molar-refractivity contribution in [3.8, 4) is 0 Å². The van der Waals surface area contributed by atoms with Gasteiger partial charge in [-0.3, -0.25) is 9.89 Å². The van der Waals surface area contributed by atoms with Crippen molar-refractivity contribution in [1.82, 2.24) is 20.4 Å². The first kappa shape index (κ1) is 24.2. The van der Waals surface area contributed by atoms with Crippen molar-refractivity contribution in [2.45, 2.75) is 71.9 Å². The molecular weight excluding hydrogens is 338 g/mol. The molecule has 1 aliphatic rings. The van der Waals surface area contributed by atoms with Gasteiger partial charge in [-0.05, 0) is 32.7 Å². The molecule has 0 aromatic rings. The third-order valence-corrected chi connectivity index (χ3v) is 5.56. The Morgan fingerprint density at radius 2 is 1.63 bits per heavy atom. The van der Waals surface area contributed by atoms with Crippen LogP contribution in [-0.2, 0) is 0 Å². The summed E-state index contributed by atoms with van der Waals surface area (Å²) in [6, 6.07) is 0.493.